The summed E-state index contributed by atoms with van der Waals surface area (Å²) in [5.41, 5.74) is 6.40. The molecule has 0 fully saturated rings. The molecular weight excluding hydrogens is 204 g/mol. The van der Waals surface area contributed by atoms with E-state index < -0.39 is 0 Å². The van der Waals surface area contributed by atoms with E-state index in [-0.39, 0.29) is 19.0 Å². The second-order valence-corrected chi connectivity index (χ2v) is 3.10. The molecule has 0 radical (unpaired) electrons. The van der Waals surface area contributed by atoms with Crippen LogP contribution in [-0.4, -0.2) is 23.9 Å². The second kappa shape index (κ2) is 5.38. The average molecular weight is 214 g/mol. The van der Waals surface area contributed by atoms with Crippen molar-refractivity contribution in [2.45, 2.75) is 0 Å². The molecule has 0 heterocycles. The highest BCUT2D eigenvalue weighted by atomic mass is 16.2. The van der Waals surface area contributed by atoms with Crippen molar-refractivity contribution >= 4 is 11.6 Å². The normalized spacial score (nSPS) is 8.88. The Bertz CT molecular complexity index is 454. The molecule has 0 aromatic heterocycles. The van der Waals surface area contributed by atoms with Crippen LogP contribution < -0.4 is 5.73 Å². The fraction of sp³-hybridized carbons (Fsp3) is 0.182. The number of nitrogens with two attached hydrogens (primary N) is 1. The van der Waals surface area contributed by atoms with Crippen LogP contribution in [0.25, 0.3) is 0 Å². The molecule has 5 nitrogen and oxygen atoms in total. The predicted octanol–water partition coefficient (Wildman–Crippen LogP) is 0.758. The number of nitrogen functional groups attached to an aromatic ring is 1. The molecule has 0 saturated carbocycles. The molecule has 1 aromatic rings. The van der Waals surface area contributed by atoms with Gasteiger partial charge in [-0.25, -0.2) is 0 Å². The molecule has 5 heteroatoms. The summed E-state index contributed by atoms with van der Waals surface area (Å²) in [5, 5.41) is 17.1. The molecule has 0 aliphatic rings. The van der Waals surface area contributed by atoms with Crippen molar-refractivity contribution in [3.05, 3.63) is 29.8 Å². The Kier molecular flexibility index (Phi) is 3.88. The maximum Gasteiger partial charge on any atom is 0.255 e. The molecule has 1 aromatic carbocycles. The number of hydrogen-bond donors (Lipinski definition) is 1. The number of benzene rings is 1. The van der Waals surface area contributed by atoms with Crippen LogP contribution in [0.3, 0.4) is 0 Å². The summed E-state index contributed by atoms with van der Waals surface area (Å²) < 4.78 is 0. The average Bonchev–Trinajstić information content (AvgIpc) is 2.28. The Hall–Kier alpha value is -2.53. The van der Waals surface area contributed by atoms with Crippen LogP contribution in [0.4, 0.5) is 5.69 Å². The zero-order valence-electron chi connectivity index (χ0n) is 8.55. The van der Waals surface area contributed by atoms with Crippen molar-refractivity contribution in [3.63, 3.8) is 0 Å². The molecule has 0 aliphatic carbocycles. The van der Waals surface area contributed by atoms with Crippen molar-refractivity contribution in [2.24, 2.45) is 0 Å². The minimum Gasteiger partial charge on any atom is -0.399 e. The Balaban J connectivity index is 2.91. The third-order valence-corrected chi connectivity index (χ3v) is 1.94. The maximum absolute atomic E-state index is 11.8. The quantitative estimate of drug-likeness (QED) is 0.593. The van der Waals surface area contributed by atoms with Crippen molar-refractivity contribution in [2.75, 3.05) is 18.8 Å². The minimum absolute atomic E-state index is 0.110. The number of amides is 1. The highest BCUT2D eigenvalue weighted by Crippen LogP contribution is 2.09. The van der Waals surface area contributed by atoms with E-state index in [4.69, 9.17) is 16.3 Å². The number of carbonyl (C=O) groups excluding carboxylic acids is 1. The second-order valence-electron chi connectivity index (χ2n) is 3.10. The fourth-order valence-electron chi connectivity index (χ4n) is 1.22. The molecule has 0 saturated heterocycles. The molecule has 1 rings (SSSR count). The molecule has 0 bridgehead atoms. The topological polar surface area (TPSA) is 93.9 Å². The Morgan fingerprint density at radius 1 is 1.31 bits per heavy atom. The fourth-order valence-corrected chi connectivity index (χ4v) is 1.22. The number of anilines is 1. The molecule has 0 spiro atoms. The lowest BCUT2D eigenvalue weighted by molar-refractivity contribution is 0.0795. The van der Waals surface area contributed by atoms with E-state index in [2.05, 4.69) is 0 Å². The van der Waals surface area contributed by atoms with E-state index in [1.54, 1.807) is 18.2 Å². The van der Waals surface area contributed by atoms with Gasteiger partial charge >= 0.3 is 0 Å². The van der Waals surface area contributed by atoms with Crippen molar-refractivity contribution in [1.29, 1.82) is 10.5 Å². The summed E-state index contributed by atoms with van der Waals surface area (Å²) >= 11 is 0. The molecular formula is C11H10N4O. The van der Waals surface area contributed by atoms with Gasteiger partial charge in [-0.1, -0.05) is 6.07 Å². The first-order valence-corrected chi connectivity index (χ1v) is 4.57. The summed E-state index contributed by atoms with van der Waals surface area (Å²) in [6, 6.07) is 10.1. The van der Waals surface area contributed by atoms with E-state index >= 15 is 0 Å². The number of nitriles is 2. The third kappa shape index (κ3) is 2.73. The predicted molar refractivity (Wildman–Crippen MR) is 58.0 cm³/mol. The summed E-state index contributed by atoms with van der Waals surface area (Å²) in [6.07, 6.45) is 0. The summed E-state index contributed by atoms with van der Waals surface area (Å²) in [5.74, 6) is -0.365. The molecule has 80 valence electrons. The highest BCUT2D eigenvalue weighted by Gasteiger charge is 2.14. The lowest BCUT2D eigenvalue weighted by Crippen LogP contribution is -2.31. The third-order valence-electron chi connectivity index (χ3n) is 1.94. The molecule has 16 heavy (non-hydrogen) atoms. The van der Waals surface area contributed by atoms with Crippen molar-refractivity contribution in [1.82, 2.24) is 4.90 Å². The number of nitrogens with zero attached hydrogens (tertiary/aromatic N) is 3. The van der Waals surface area contributed by atoms with Gasteiger partial charge in [0, 0.05) is 11.3 Å². The van der Waals surface area contributed by atoms with Gasteiger partial charge in [0.25, 0.3) is 5.91 Å². The lowest BCUT2D eigenvalue weighted by atomic mass is 10.2. The van der Waals surface area contributed by atoms with Gasteiger partial charge in [0.1, 0.15) is 13.1 Å². The van der Waals surface area contributed by atoms with Crippen LogP contribution in [0.1, 0.15) is 10.4 Å². The lowest BCUT2D eigenvalue weighted by Gasteiger charge is -2.15. The van der Waals surface area contributed by atoms with Gasteiger partial charge in [0.2, 0.25) is 0 Å². The zero-order chi connectivity index (χ0) is 12.0. The van der Waals surface area contributed by atoms with E-state index in [1.807, 2.05) is 12.1 Å². The largest absolute Gasteiger partial charge is 0.399 e. The summed E-state index contributed by atoms with van der Waals surface area (Å²) in [6.45, 7) is -0.220. The van der Waals surface area contributed by atoms with Gasteiger partial charge in [-0.15, -0.1) is 0 Å². The monoisotopic (exact) mass is 214 g/mol. The van der Waals surface area contributed by atoms with Crippen molar-refractivity contribution in [3.8, 4) is 12.1 Å². The van der Waals surface area contributed by atoms with E-state index in [0.717, 1.165) is 4.90 Å². The van der Waals surface area contributed by atoms with Crippen LogP contribution in [0.5, 0.6) is 0 Å². The van der Waals surface area contributed by atoms with Crippen LogP contribution in [0.15, 0.2) is 24.3 Å². The first kappa shape index (κ1) is 11.5. The Morgan fingerprint density at radius 2 is 1.94 bits per heavy atom. The number of hydrogen-bond acceptors (Lipinski definition) is 4. The van der Waals surface area contributed by atoms with Gasteiger partial charge in [-0.2, -0.15) is 10.5 Å². The van der Waals surface area contributed by atoms with E-state index in [1.165, 1.54) is 6.07 Å². The number of carbonyl (C=O) groups is 1. The van der Waals surface area contributed by atoms with Crippen LogP contribution in [-0.2, 0) is 0 Å². The first-order chi connectivity index (χ1) is 7.69. The SMILES string of the molecule is N#CCN(CC#N)C(=O)c1cccc(N)c1. The molecule has 0 aliphatic heterocycles. The van der Waals surface area contributed by atoms with Gasteiger partial charge in [-0.3, -0.25) is 4.79 Å². The van der Waals surface area contributed by atoms with Crippen LogP contribution in [0.2, 0.25) is 0 Å². The van der Waals surface area contributed by atoms with E-state index in [0.29, 0.717) is 11.3 Å². The van der Waals surface area contributed by atoms with Gasteiger partial charge in [0.15, 0.2) is 0 Å². The standard InChI is InChI=1S/C11H10N4O/c12-4-6-15(7-5-13)11(16)9-2-1-3-10(14)8-9/h1-3,8H,6-7,14H2. The van der Waals surface area contributed by atoms with E-state index in [9.17, 15) is 4.79 Å². The molecule has 2 N–H and O–H groups in total. The Morgan fingerprint density at radius 3 is 2.44 bits per heavy atom. The van der Waals surface area contributed by atoms with Crippen LogP contribution in [0, 0.1) is 22.7 Å². The van der Waals surface area contributed by atoms with Gasteiger partial charge in [-0.05, 0) is 18.2 Å². The summed E-state index contributed by atoms with van der Waals surface area (Å²) in [4.78, 5) is 13.0. The molecule has 0 atom stereocenters. The number of rotatable bonds is 3. The Labute approximate surface area is 93.3 Å². The summed E-state index contributed by atoms with van der Waals surface area (Å²) in [7, 11) is 0. The smallest absolute Gasteiger partial charge is 0.255 e. The van der Waals surface area contributed by atoms with Gasteiger partial charge < -0.3 is 10.6 Å². The first-order valence-electron chi connectivity index (χ1n) is 4.57. The zero-order valence-corrected chi connectivity index (χ0v) is 8.55. The molecule has 1 amide bonds. The van der Waals surface area contributed by atoms with Crippen LogP contribution >= 0.6 is 0 Å². The molecule has 0 unspecified atom stereocenters. The van der Waals surface area contributed by atoms with Crippen molar-refractivity contribution < 1.29 is 4.79 Å². The van der Waals surface area contributed by atoms with Gasteiger partial charge in [0.05, 0.1) is 12.1 Å². The minimum atomic E-state index is -0.365. The highest BCUT2D eigenvalue weighted by molar-refractivity contribution is 5.95. The maximum atomic E-state index is 11.8.